The summed E-state index contributed by atoms with van der Waals surface area (Å²) in [5.41, 5.74) is 0.775. The van der Waals surface area contributed by atoms with Gasteiger partial charge in [0.05, 0.1) is 12.5 Å². The third-order valence-electron chi connectivity index (χ3n) is 2.17. The molecule has 0 radical (unpaired) electrons. The third kappa shape index (κ3) is 3.35. The molecule has 0 fully saturated rings. The minimum absolute atomic E-state index is 0.261. The maximum Gasteiger partial charge on any atom is 0.313 e. The van der Waals surface area contributed by atoms with Crippen molar-refractivity contribution in [2.24, 2.45) is 0 Å². The molecule has 1 atom stereocenters. The number of carbonyl (C=O) groups excluding carboxylic acids is 1. The normalized spacial score (nSPS) is 12.2. The van der Waals surface area contributed by atoms with Crippen LogP contribution in [0.5, 0.6) is 0 Å². The second-order valence-electron chi connectivity index (χ2n) is 3.44. The Morgan fingerprint density at radius 3 is 2.53 bits per heavy atom. The highest BCUT2D eigenvalue weighted by Gasteiger charge is 2.16. The van der Waals surface area contributed by atoms with E-state index in [1.54, 1.807) is 19.1 Å². The van der Waals surface area contributed by atoms with Crippen LogP contribution in [0.15, 0.2) is 24.3 Å². The van der Waals surface area contributed by atoms with Gasteiger partial charge in [0, 0.05) is 0 Å². The molecule has 0 bridgehead atoms. The van der Waals surface area contributed by atoms with Crippen LogP contribution in [0, 0.1) is 5.82 Å². The minimum Gasteiger partial charge on any atom is -0.465 e. The average Bonchev–Trinajstić information content (AvgIpc) is 2.26. The van der Waals surface area contributed by atoms with Crippen LogP contribution in [0.2, 0.25) is 0 Å². The van der Waals surface area contributed by atoms with Gasteiger partial charge in [-0.2, -0.15) is 0 Å². The van der Waals surface area contributed by atoms with E-state index < -0.39 is 0 Å². The first-order valence-electron chi connectivity index (χ1n) is 5.07. The second-order valence-corrected chi connectivity index (χ2v) is 3.44. The van der Waals surface area contributed by atoms with Crippen molar-refractivity contribution in [2.45, 2.75) is 26.2 Å². The Hall–Kier alpha value is -1.38. The molecule has 82 valence electrons. The molecule has 0 heterocycles. The molecule has 0 aliphatic carbocycles. The number of esters is 1. The van der Waals surface area contributed by atoms with Crippen LogP contribution in [0.3, 0.4) is 0 Å². The van der Waals surface area contributed by atoms with Gasteiger partial charge in [-0.1, -0.05) is 19.1 Å². The Morgan fingerprint density at radius 1 is 1.40 bits per heavy atom. The molecule has 0 amide bonds. The van der Waals surface area contributed by atoms with E-state index in [9.17, 15) is 9.18 Å². The van der Waals surface area contributed by atoms with Crippen molar-refractivity contribution < 1.29 is 13.9 Å². The summed E-state index contributed by atoms with van der Waals surface area (Å²) >= 11 is 0. The number of benzene rings is 1. The second kappa shape index (κ2) is 5.49. The third-order valence-corrected chi connectivity index (χ3v) is 2.17. The largest absolute Gasteiger partial charge is 0.465 e. The highest BCUT2D eigenvalue weighted by molar-refractivity contribution is 5.77. The van der Waals surface area contributed by atoms with E-state index in [2.05, 4.69) is 0 Å². The molecule has 0 aliphatic rings. The van der Waals surface area contributed by atoms with Gasteiger partial charge < -0.3 is 4.74 Å². The maximum atomic E-state index is 12.6. The van der Waals surface area contributed by atoms with Gasteiger partial charge in [0.25, 0.3) is 0 Å². The zero-order valence-corrected chi connectivity index (χ0v) is 9.00. The van der Waals surface area contributed by atoms with Crippen molar-refractivity contribution in [1.29, 1.82) is 0 Å². The summed E-state index contributed by atoms with van der Waals surface area (Å²) in [7, 11) is 0. The fraction of sp³-hybridized carbons (Fsp3) is 0.417. The fourth-order valence-electron chi connectivity index (χ4n) is 1.22. The Morgan fingerprint density at radius 2 is 2.00 bits per heavy atom. The maximum absolute atomic E-state index is 12.6. The highest BCUT2D eigenvalue weighted by Crippen LogP contribution is 2.17. The van der Waals surface area contributed by atoms with Crippen LogP contribution in [-0.2, 0) is 9.53 Å². The number of hydrogen-bond donors (Lipinski definition) is 0. The van der Waals surface area contributed by atoms with Gasteiger partial charge in [0.1, 0.15) is 5.82 Å². The summed E-state index contributed by atoms with van der Waals surface area (Å²) in [6, 6.07) is 5.90. The van der Waals surface area contributed by atoms with Crippen molar-refractivity contribution >= 4 is 5.97 Å². The predicted octanol–water partition coefficient (Wildman–Crippen LogP) is 2.88. The number of hydrogen-bond acceptors (Lipinski definition) is 2. The van der Waals surface area contributed by atoms with Crippen molar-refractivity contribution in [1.82, 2.24) is 0 Å². The highest BCUT2D eigenvalue weighted by atomic mass is 19.1. The molecule has 0 aromatic heterocycles. The summed E-state index contributed by atoms with van der Waals surface area (Å²) in [6.45, 7) is 4.13. The molecule has 1 unspecified atom stereocenters. The lowest BCUT2D eigenvalue weighted by Crippen LogP contribution is -2.13. The smallest absolute Gasteiger partial charge is 0.313 e. The van der Waals surface area contributed by atoms with E-state index in [0.717, 1.165) is 12.0 Å². The molecule has 1 aromatic rings. The average molecular weight is 210 g/mol. The van der Waals surface area contributed by atoms with Gasteiger partial charge in [0.2, 0.25) is 0 Å². The van der Waals surface area contributed by atoms with E-state index in [4.69, 9.17) is 4.74 Å². The van der Waals surface area contributed by atoms with Gasteiger partial charge in [-0.3, -0.25) is 4.79 Å². The van der Waals surface area contributed by atoms with E-state index in [-0.39, 0.29) is 17.7 Å². The SMILES string of the molecule is CCCOC(=O)C(C)c1ccc(F)cc1. The van der Waals surface area contributed by atoms with Gasteiger partial charge in [-0.15, -0.1) is 0 Å². The summed E-state index contributed by atoms with van der Waals surface area (Å²) in [6.07, 6.45) is 0.807. The Balaban J connectivity index is 2.63. The van der Waals surface area contributed by atoms with E-state index >= 15 is 0 Å². The van der Waals surface area contributed by atoms with Crippen molar-refractivity contribution in [3.63, 3.8) is 0 Å². The molecule has 0 saturated carbocycles. The lowest BCUT2D eigenvalue weighted by atomic mass is 10.0. The molecule has 15 heavy (non-hydrogen) atoms. The van der Waals surface area contributed by atoms with Crippen LogP contribution in [0.4, 0.5) is 4.39 Å². The monoisotopic (exact) mass is 210 g/mol. The van der Waals surface area contributed by atoms with E-state index in [0.29, 0.717) is 6.61 Å². The zero-order chi connectivity index (χ0) is 11.3. The van der Waals surface area contributed by atoms with Crippen LogP contribution in [-0.4, -0.2) is 12.6 Å². The lowest BCUT2D eigenvalue weighted by Gasteiger charge is -2.10. The summed E-state index contributed by atoms with van der Waals surface area (Å²) in [4.78, 5) is 11.5. The Bertz CT molecular complexity index is 319. The first-order chi connectivity index (χ1) is 7.15. The molecular weight excluding hydrogens is 195 g/mol. The number of rotatable bonds is 4. The molecule has 1 rings (SSSR count). The number of carbonyl (C=O) groups is 1. The molecule has 0 saturated heterocycles. The van der Waals surface area contributed by atoms with Crippen LogP contribution >= 0.6 is 0 Å². The molecule has 3 heteroatoms. The summed E-state index contributed by atoms with van der Waals surface area (Å²) in [5, 5.41) is 0. The molecule has 1 aromatic carbocycles. The fourth-order valence-corrected chi connectivity index (χ4v) is 1.22. The van der Waals surface area contributed by atoms with Crippen LogP contribution in [0.25, 0.3) is 0 Å². The van der Waals surface area contributed by atoms with Crippen LogP contribution in [0.1, 0.15) is 31.7 Å². The van der Waals surface area contributed by atoms with E-state index in [1.165, 1.54) is 12.1 Å². The first kappa shape index (κ1) is 11.7. The van der Waals surface area contributed by atoms with Crippen LogP contribution < -0.4 is 0 Å². The lowest BCUT2D eigenvalue weighted by molar-refractivity contribution is -0.145. The molecule has 0 spiro atoms. The Kier molecular flexibility index (Phi) is 4.28. The Labute approximate surface area is 89.1 Å². The quantitative estimate of drug-likeness (QED) is 0.714. The van der Waals surface area contributed by atoms with Crippen molar-refractivity contribution in [3.05, 3.63) is 35.6 Å². The molecule has 0 aliphatic heterocycles. The summed E-state index contributed by atoms with van der Waals surface area (Å²) < 4.78 is 17.6. The minimum atomic E-state index is -0.336. The van der Waals surface area contributed by atoms with Gasteiger partial charge in [0.15, 0.2) is 0 Å². The van der Waals surface area contributed by atoms with Gasteiger partial charge >= 0.3 is 5.97 Å². The molecular formula is C12H15FO2. The first-order valence-corrected chi connectivity index (χ1v) is 5.07. The molecule has 0 N–H and O–H groups in total. The van der Waals surface area contributed by atoms with E-state index in [1.807, 2.05) is 6.92 Å². The predicted molar refractivity (Wildman–Crippen MR) is 56.1 cm³/mol. The molecule has 2 nitrogen and oxygen atoms in total. The standard InChI is InChI=1S/C12H15FO2/c1-3-8-15-12(14)9(2)10-4-6-11(13)7-5-10/h4-7,9H,3,8H2,1-2H3. The van der Waals surface area contributed by atoms with Gasteiger partial charge in [-0.25, -0.2) is 4.39 Å². The topological polar surface area (TPSA) is 26.3 Å². The zero-order valence-electron chi connectivity index (χ0n) is 9.00. The van der Waals surface area contributed by atoms with Gasteiger partial charge in [-0.05, 0) is 31.0 Å². The summed E-state index contributed by atoms with van der Waals surface area (Å²) in [5.74, 6) is -0.895. The number of ether oxygens (including phenoxy) is 1. The van der Waals surface area contributed by atoms with Crippen molar-refractivity contribution in [3.8, 4) is 0 Å². The number of halogens is 1. The van der Waals surface area contributed by atoms with Crippen molar-refractivity contribution in [2.75, 3.05) is 6.61 Å².